The molecule has 0 aromatic rings. The monoisotopic (exact) mass is 318 g/mol. The molecule has 3 N–H and O–H groups in total. The lowest BCUT2D eigenvalue weighted by Crippen LogP contribution is -2.42. The van der Waals surface area contributed by atoms with Crippen LogP contribution in [0, 0.1) is 0 Å². The quantitative estimate of drug-likeness (QED) is 0.552. The number of unbranched alkanes of at least 4 members (excludes halogenated alkanes) is 1. The van der Waals surface area contributed by atoms with Gasteiger partial charge in [-0.2, -0.15) is 5.06 Å². The third-order valence-electron chi connectivity index (χ3n) is 2.42. The van der Waals surface area contributed by atoms with Crippen LogP contribution < -0.4 is 5.73 Å². The fourth-order valence-corrected chi connectivity index (χ4v) is 1.56. The number of aliphatic carboxylic acids is 1. The van der Waals surface area contributed by atoms with Gasteiger partial charge in [-0.15, -0.1) is 0 Å². The van der Waals surface area contributed by atoms with Gasteiger partial charge >= 0.3 is 12.1 Å². The topological polar surface area (TPSA) is 102 Å². The van der Waals surface area contributed by atoms with Crippen molar-refractivity contribution in [2.45, 2.75) is 78.0 Å². The molecule has 0 aliphatic rings. The summed E-state index contributed by atoms with van der Waals surface area (Å²) in [6.07, 6.45) is 0.966. The summed E-state index contributed by atoms with van der Waals surface area (Å²) in [6.45, 7) is 11.2. The molecule has 0 saturated heterocycles. The van der Waals surface area contributed by atoms with Crippen LogP contribution in [0.4, 0.5) is 4.79 Å². The maximum absolute atomic E-state index is 12.1. The van der Waals surface area contributed by atoms with E-state index in [2.05, 4.69) is 0 Å². The van der Waals surface area contributed by atoms with Crippen LogP contribution >= 0.6 is 0 Å². The molecule has 0 aliphatic carbocycles. The molecule has 0 bridgehead atoms. The Morgan fingerprint density at radius 2 is 1.64 bits per heavy atom. The number of nitrogens with two attached hydrogens (primary N) is 1. The van der Waals surface area contributed by atoms with Gasteiger partial charge in [-0.25, -0.2) is 4.79 Å². The number of carboxylic acid groups (broad SMARTS) is 1. The summed E-state index contributed by atoms with van der Waals surface area (Å²) >= 11 is 0. The van der Waals surface area contributed by atoms with Gasteiger partial charge in [0.25, 0.3) is 0 Å². The van der Waals surface area contributed by atoms with Gasteiger partial charge in [-0.1, -0.05) is 0 Å². The first-order valence-electron chi connectivity index (χ1n) is 7.50. The third kappa shape index (κ3) is 10.4. The molecule has 130 valence electrons. The Balaban J connectivity index is 4.49. The fourth-order valence-electron chi connectivity index (χ4n) is 1.56. The van der Waals surface area contributed by atoms with Crippen molar-refractivity contribution in [1.82, 2.24) is 5.06 Å². The summed E-state index contributed by atoms with van der Waals surface area (Å²) in [5.74, 6) is -1.02. The van der Waals surface area contributed by atoms with Crippen LogP contribution in [0.2, 0.25) is 0 Å². The number of hydrogen-bond donors (Lipinski definition) is 2. The van der Waals surface area contributed by atoms with Gasteiger partial charge in [0.05, 0.1) is 12.1 Å². The maximum Gasteiger partial charge on any atom is 0.434 e. The van der Waals surface area contributed by atoms with Crippen molar-refractivity contribution >= 4 is 12.1 Å². The van der Waals surface area contributed by atoms with Crippen LogP contribution in [-0.4, -0.2) is 46.0 Å². The van der Waals surface area contributed by atoms with E-state index in [0.29, 0.717) is 25.8 Å². The Labute approximate surface area is 132 Å². The number of carbonyl (C=O) groups is 2. The normalized spacial score (nSPS) is 13.6. The predicted molar refractivity (Wildman–Crippen MR) is 83.2 cm³/mol. The van der Waals surface area contributed by atoms with Crippen LogP contribution in [0.5, 0.6) is 0 Å². The Bertz CT molecular complexity index is 371. The molecule has 0 rings (SSSR count). The number of hydroxylamine groups is 2. The molecule has 1 atom stereocenters. The highest BCUT2D eigenvalue weighted by Gasteiger charge is 2.26. The zero-order valence-electron chi connectivity index (χ0n) is 14.5. The number of amides is 1. The molecule has 0 spiro atoms. The second kappa shape index (κ2) is 8.33. The lowest BCUT2D eigenvalue weighted by Gasteiger charge is -2.31. The maximum atomic E-state index is 12.1. The molecule has 0 saturated carbocycles. The average molecular weight is 318 g/mol. The number of rotatable bonds is 7. The smallest absolute Gasteiger partial charge is 0.434 e. The van der Waals surface area contributed by atoms with Gasteiger partial charge in [-0.3, -0.25) is 9.63 Å². The third-order valence-corrected chi connectivity index (χ3v) is 2.42. The van der Waals surface area contributed by atoms with Crippen LogP contribution in [0.25, 0.3) is 0 Å². The first-order valence-corrected chi connectivity index (χ1v) is 7.50. The lowest BCUT2D eigenvalue weighted by atomic mass is 10.1. The number of carboxylic acids is 1. The molecule has 0 aliphatic heterocycles. The van der Waals surface area contributed by atoms with E-state index in [1.54, 1.807) is 20.8 Å². The molecule has 7 heteroatoms. The number of hydrogen-bond acceptors (Lipinski definition) is 5. The minimum absolute atomic E-state index is 0.318. The summed E-state index contributed by atoms with van der Waals surface area (Å²) in [5.41, 5.74) is 4.30. The van der Waals surface area contributed by atoms with Crippen molar-refractivity contribution in [3.8, 4) is 0 Å². The van der Waals surface area contributed by atoms with Gasteiger partial charge < -0.3 is 15.6 Å². The van der Waals surface area contributed by atoms with E-state index in [1.165, 1.54) is 5.06 Å². The molecular formula is C15H30N2O5. The second-order valence-electron chi connectivity index (χ2n) is 7.23. The molecule has 22 heavy (non-hydrogen) atoms. The number of ether oxygens (including phenoxy) is 1. The van der Waals surface area contributed by atoms with E-state index in [4.69, 9.17) is 20.4 Å². The highest BCUT2D eigenvalue weighted by Crippen LogP contribution is 2.16. The molecule has 0 aromatic carbocycles. The van der Waals surface area contributed by atoms with Crippen molar-refractivity contribution in [1.29, 1.82) is 0 Å². The van der Waals surface area contributed by atoms with E-state index in [0.717, 1.165) is 0 Å². The Morgan fingerprint density at radius 3 is 2.05 bits per heavy atom. The predicted octanol–water partition coefficient (Wildman–Crippen LogP) is 2.54. The fraction of sp³-hybridized carbons (Fsp3) is 0.867. The summed E-state index contributed by atoms with van der Waals surface area (Å²) in [4.78, 5) is 28.4. The van der Waals surface area contributed by atoms with Gasteiger partial charge in [0.2, 0.25) is 0 Å². The number of nitrogens with zero attached hydrogens (tertiary/aromatic N) is 1. The summed E-state index contributed by atoms with van der Waals surface area (Å²) in [6, 6.07) is -0.876. The van der Waals surface area contributed by atoms with Crippen molar-refractivity contribution in [3.05, 3.63) is 0 Å². The summed E-state index contributed by atoms with van der Waals surface area (Å²) in [5, 5.41) is 9.92. The second-order valence-corrected chi connectivity index (χ2v) is 7.23. The van der Waals surface area contributed by atoms with E-state index in [1.807, 2.05) is 20.8 Å². The van der Waals surface area contributed by atoms with Crippen molar-refractivity contribution in [2.75, 3.05) is 6.54 Å². The Morgan fingerprint density at radius 1 is 1.09 bits per heavy atom. The standard InChI is InChI=1S/C15H30N2O5/c1-14(2,3)21-13(20)17(22-15(4,5)6)10-8-7-9-11(16)12(18)19/h11H,7-10,16H2,1-6H3,(H,18,19)/t11-/m0/s1. The van der Waals surface area contributed by atoms with E-state index in [9.17, 15) is 9.59 Å². The van der Waals surface area contributed by atoms with Crippen molar-refractivity contribution < 1.29 is 24.3 Å². The zero-order chi connectivity index (χ0) is 17.6. The molecular weight excluding hydrogens is 288 g/mol. The summed E-state index contributed by atoms with van der Waals surface area (Å²) in [7, 11) is 0. The van der Waals surface area contributed by atoms with E-state index < -0.39 is 29.3 Å². The van der Waals surface area contributed by atoms with Gasteiger partial charge in [0, 0.05) is 0 Å². The van der Waals surface area contributed by atoms with Crippen LogP contribution in [0.3, 0.4) is 0 Å². The Kier molecular flexibility index (Phi) is 7.83. The minimum Gasteiger partial charge on any atom is -0.480 e. The van der Waals surface area contributed by atoms with Gasteiger partial charge in [0.15, 0.2) is 0 Å². The largest absolute Gasteiger partial charge is 0.480 e. The van der Waals surface area contributed by atoms with E-state index in [-0.39, 0.29) is 0 Å². The van der Waals surface area contributed by atoms with E-state index >= 15 is 0 Å². The summed E-state index contributed by atoms with van der Waals surface area (Å²) < 4.78 is 5.31. The molecule has 1 amide bonds. The Hall–Kier alpha value is -1.34. The van der Waals surface area contributed by atoms with Crippen LogP contribution in [0.1, 0.15) is 60.8 Å². The molecule has 0 radical (unpaired) electrons. The van der Waals surface area contributed by atoms with Gasteiger partial charge in [0.1, 0.15) is 11.6 Å². The number of carbonyl (C=O) groups excluding carboxylic acids is 1. The molecule has 0 heterocycles. The highest BCUT2D eigenvalue weighted by molar-refractivity contribution is 5.72. The van der Waals surface area contributed by atoms with Gasteiger partial charge in [-0.05, 0) is 60.8 Å². The molecule has 0 unspecified atom stereocenters. The molecule has 0 aromatic heterocycles. The SMILES string of the molecule is CC(C)(C)OC(=O)N(CCCC[C@H](N)C(=O)O)OC(C)(C)C. The molecule has 7 nitrogen and oxygen atoms in total. The first-order chi connectivity index (χ1) is 9.82. The molecule has 0 fully saturated rings. The van der Waals surface area contributed by atoms with Crippen molar-refractivity contribution in [3.63, 3.8) is 0 Å². The average Bonchev–Trinajstić information content (AvgIpc) is 2.28. The van der Waals surface area contributed by atoms with Crippen LogP contribution in [-0.2, 0) is 14.4 Å². The minimum atomic E-state index is -1.02. The zero-order valence-corrected chi connectivity index (χ0v) is 14.5. The lowest BCUT2D eigenvalue weighted by molar-refractivity contribution is -0.211. The first kappa shape index (κ1) is 20.7. The van der Waals surface area contributed by atoms with Crippen LogP contribution in [0.15, 0.2) is 0 Å². The van der Waals surface area contributed by atoms with Crippen molar-refractivity contribution in [2.24, 2.45) is 5.73 Å². The highest BCUT2D eigenvalue weighted by atomic mass is 16.7.